The number of carbonyl (C=O) groups is 1. The molecule has 1 atom stereocenters. The number of halogens is 2. The highest BCUT2D eigenvalue weighted by Gasteiger charge is 2.43. The first-order valence-corrected chi connectivity index (χ1v) is 7.99. The Labute approximate surface area is 124 Å². The summed E-state index contributed by atoms with van der Waals surface area (Å²) in [5, 5.41) is 3.30. The zero-order valence-corrected chi connectivity index (χ0v) is 12.7. The van der Waals surface area contributed by atoms with Crippen LogP contribution in [0.2, 0.25) is 0 Å². The van der Waals surface area contributed by atoms with Crippen LogP contribution in [0.3, 0.4) is 0 Å². The number of hydrogen-bond acceptors (Lipinski definition) is 3. The zero-order valence-electron chi connectivity index (χ0n) is 12.7. The Balaban J connectivity index is 1.48. The van der Waals surface area contributed by atoms with Crippen molar-refractivity contribution in [2.24, 2.45) is 11.3 Å². The van der Waals surface area contributed by atoms with E-state index in [4.69, 9.17) is 0 Å². The Morgan fingerprint density at radius 3 is 2.43 bits per heavy atom. The van der Waals surface area contributed by atoms with Crippen LogP contribution in [-0.4, -0.2) is 67.4 Å². The smallest absolute Gasteiger partial charge is 0.263 e. The van der Waals surface area contributed by atoms with Gasteiger partial charge >= 0.3 is 0 Å². The number of nitrogens with zero attached hydrogens (tertiary/aromatic N) is 2. The van der Waals surface area contributed by atoms with Crippen molar-refractivity contribution in [1.29, 1.82) is 0 Å². The van der Waals surface area contributed by atoms with E-state index in [1.807, 2.05) is 4.90 Å². The highest BCUT2D eigenvalue weighted by atomic mass is 19.3. The number of rotatable bonds is 2. The van der Waals surface area contributed by atoms with Gasteiger partial charge in [0.1, 0.15) is 0 Å². The monoisotopic (exact) mass is 301 g/mol. The molecule has 0 saturated carbocycles. The number of amides is 1. The third-order valence-electron chi connectivity index (χ3n) is 5.57. The van der Waals surface area contributed by atoms with Crippen LogP contribution in [0.25, 0.3) is 0 Å². The van der Waals surface area contributed by atoms with Crippen molar-refractivity contribution in [2.75, 3.05) is 45.8 Å². The standard InChI is InChI=1S/C15H25F2N3O/c1-12-2-5-19(11-15(12,16)17)8-13(21)20-6-3-14(4-7-20)9-18-10-14/h12,18H,2-11H2,1H3. The third kappa shape index (κ3) is 3.06. The van der Waals surface area contributed by atoms with Gasteiger partial charge in [-0.2, -0.15) is 0 Å². The predicted octanol–water partition coefficient (Wildman–Crippen LogP) is 1.18. The van der Waals surface area contributed by atoms with Crippen LogP contribution in [0.4, 0.5) is 8.78 Å². The summed E-state index contributed by atoms with van der Waals surface area (Å²) in [7, 11) is 0. The van der Waals surface area contributed by atoms with Gasteiger partial charge in [0.25, 0.3) is 5.92 Å². The lowest BCUT2D eigenvalue weighted by Crippen LogP contribution is -2.59. The van der Waals surface area contributed by atoms with Crippen LogP contribution in [-0.2, 0) is 4.79 Å². The van der Waals surface area contributed by atoms with Crippen LogP contribution in [0.5, 0.6) is 0 Å². The van der Waals surface area contributed by atoms with Gasteiger partial charge in [-0.25, -0.2) is 8.78 Å². The van der Waals surface area contributed by atoms with Crippen molar-refractivity contribution in [3.8, 4) is 0 Å². The molecule has 21 heavy (non-hydrogen) atoms. The fourth-order valence-electron chi connectivity index (χ4n) is 3.61. The predicted molar refractivity (Wildman–Crippen MR) is 76.3 cm³/mol. The Morgan fingerprint density at radius 2 is 1.90 bits per heavy atom. The summed E-state index contributed by atoms with van der Waals surface area (Å²) in [6.45, 7) is 5.74. The van der Waals surface area contributed by atoms with Crippen molar-refractivity contribution in [1.82, 2.24) is 15.1 Å². The first kappa shape index (κ1) is 15.2. The lowest BCUT2D eigenvalue weighted by molar-refractivity contribution is -0.141. The molecule has 3 saturated heterocycles. The molecule has 0 bridgehead atoms. The van der Waals surface area contributed by atoms with Crippen molar-refractivity contribution in [3.05, 3.63) is 0 Å². The Hall–Kier alpha value is -0.750. The van der Waals surface area contributed by atoms with E-state index in [1.54, 1.807) is 11.8 Å². The molecule has 0 aromatic carbocycles. The van der Waals surface area contributed by atoms with Crippen LogP contribution in [0, 0.1) is 11.3 Å². The van der Waals surface area contributed by atoms with Gasteiger partial charge < -0.3 is 10.2 Å². The Kier molecular flexibility index (Phi) is 3.94. The van der Waals surface area contributed by atoms with Crippen LogP contribution < -0.4 is 5.32 Å². The molecule has 120 valence electrons. The van der Waals surface area contributed by atoms with Crippen molar-refractivity contribution in [2.45, 2.75) is 32.1 Å². The maximum Gasteiger partial charge on any atom is 0.263 e. The fraction of sp³-hybridized carbons (Fsp3) is 0.933. The normalized spacial score (nSPS) is 32.0. The number of hydrogen-bond donors (Lipinski definition) is 1. The summed E-state index contributed by atoms with van der Waals surface area (Å²) in [4.78, 5) is 15.8. The van der Waals surface area contributed by atoms with E-state index in [0.29, 0.717) is 18.4 Å². The molecule has 3 aliphatic heterocycles. The minimum absolute atomic E-state index is 0.0162. The molecule has 4 nitrogen and oxygen atoms in total. The highest BCUT2D eigenvalue weighted by Crippen LogP contribution is 2.35. The van der Waals surface area contributed by atoms with E-state index < -0.39 is 11.8 Å². The molecule has 3 heterocycles. The molecule has 1 spiro atoms. The van der Waals surface area contributed by atoms with Crippen LogP contribution in [0.15, 0.2) is 0 Å². The number of piperidine rings is 2. The molecule has 0 aliphatic carbocycles. The summed E-state index contributed by atoms with van der Waals surface area (Å²) in [6.07, 6.45) is 2.55. The Bertz CT molecular complexity index is 402. The summed E-state index contributed by atoms with van der Waals surface area (Å²) in [5.74, 6) is -3.23. The summed E-state index contributed by atoms with van der Waals surface area (Å²) >= 11 is 0. The van der Waals surface area contributed by atoms with Gasteiger partial charge in [-0.05, 0) is 31.2 Å². The van der Waals surface area contributed by atoms with Gasteiger partial charge in [0.2, 0.25) is 5.91 Å². The molecule has 1 amide bonds. The molecule has 1 unspecified atom stereocenters. The average Bonchev–Trinajstić information content (AvgIpc) is 2.41. The van der Waals surface area contributed by atoms with Gasteiger partial charge in [0, 0.05) is 32.1 Å². The van der Waals surface area contributed by atoms with E-state index in [2.05, 4.69) is 5.32 Å². The van der Waals surface area contributed by atoms with Gasteiger partial charge in [0.05, 0.1) is 13.1 Å². The number of nitrogens with one attached hydrogen (secondary N) is 1. The maximum absolute atomic E-state index is 13.7. The summed E-state index contributed by atoms with van der Waals surface area (Å²) in [5.41, 5.74) is 0.407. The SMILES string of the molecule is CC1CCN(CC(=O)N2CCC3(CC2)CNC3)CC1(F)F. The summed E-state index contributed by atoms with van der Waals surface area (Å²) in [6, 6.07) is 0. The molecule has 3 rings (SSSR count). The largest absolute Gasteiger partial charge is 0.342 e. The van der Waals surface area contributed by atoms with E-state index in [9.17, 15) is 13.6 Å². The molecule has 0 aromatic heterocycles. The molecule has 3 fully saturated rings. The van der Waals surface area contributed by atoms with E-state index in [1.165, 1.54) is 0 Å². The van der Waals surface area contributed by atoms with Crippen molar-refractivity contribution >= 4 is 5.91 Å². The first-order chi connectivity index (χ1) is 9.90. The van der Waals surface area contributed by atoms with Gasteiger partial charge in [-0.1, -0.05) is 6.92 Å². The molecular weight excluding hydrogens is 276 g/mol. The molecule has 0 radical (unpaired) electrons. The van der Waals surface area contributed by atoms with Crippen LogP contribution >= 0.6 is 0 Å². The van der Waals surface area contributed by atoms with Crippen molar-refractivity contribution < 1.29 is 13.6 Å². The van der Waals surface area contributed by atoms with Gasteiger partial charge in [0.15, 0.2) is 0 Å². The second-order valence-corrected chi connectivity index (χ2v) is 7.15. The molecule has 0 aromatic rings. The minimum Gasteiger partial charge on any atom is -0.342 e. The zero-order chi connectivity index (χ0) is 15.1. The molecular formula is C15H25F2N3O. The minimum atomic E-state index is -2.66. The lowest BCUT2D eigenvalue weighted by Gasteiger charge is -2.48. The maximum atomic E-state index is 13.7. The second-order valence-electron chi connectivity index (χ2n) is 7.15. The van der Waals surface area contributed by atoms with E-state index >= 15 is 0 Å². The Morgan fingerprint density at radius 1 is 1.24 bits per heavy atom. The summed E-state index contributed by atoms with van der Waals surface area (Å²) < 4.78 is 27.4. The average molecular weight is 301 g/mol. The number of alkyl halides is 2. The topological polar surface area (TPSA) is 35.6 Å². The second kappa shape index (κ2) is 5.47. The van der Waals surface area contributed by atoms with E-state index in [0.717, 1.165) is 39.0 Å². The quantitative estimate of drug-likeness (QED) is 0.832. The van der Waals surface area contributed by atoms with Crippen molar-refractivity contribution in [3.63, 3.8) is 0 Å². The first-order valence-electron chi connectivity index (χ1n) is 7.99. The molecule has 6 heteroatoms. The lowest BCUT2D eigenvalue weighted by atomic mass is 9.73. The molecule has 3 aliphatic rings. The number of likely N-dealkylation sites (tertiary alicyclic amines) is 2. The molecule has 1 N–H and O–H groups in total. The highest BCUT2D eigenvalue weighted by molar-refractivity contribution is 5.78. The van der Waals surface area contributed by atoms with Gasteiger partial charge in [-0.15, -0.1) is 0 Å². The van der Waals surface area contributed by atoms with Crippen LogP contribution in [0.1, 0.15) is 26.2 Å². The third-order valence-corrected chi connectivity index (χ3v) is 5.57. The fourth-order valence-corrected chi connectivity index (χ4v) is 3.61. The van der Waals surface area contributed by atoms with E-state index in [-0.39, 0.29) is 19.0 Å². The van der Waals surface area contributed by atoms with Gasteiger partial charge in [-0.3, -0.25) is 9.69 Å². The number of carbonyl (C=O) groups excluding carboxylic acids is 1.